The fourth-order valence-electron chi connectivity index (χ4n) is 4.49. The van der Waals surface area contributed by atoms with E-state index in [0.29, 0.717) is 30.1 Å². The molecule has 1 fully saturated rings. The molecular weight excluding hydrogens is 394 g/mol. The van der Waals surface area contributed by atoms with Crippen LogP contribution in [-0.2, 0) is 26.4 Å². The summed E-state index contributed by atoms with van der Waals surface area (Å²) in [6.45, 7) is 4.78. The molecule has 0 atom stereocenters. The SMILES string of the molecule is C=Cc1cc(CNC2CCC2)n(C)c1/C=C1/CCCc2c([nH]c(=O)c(C(=O)O)c2O)C1. The number of aromatic hydroxyl groups is 1. The van der Waals surface area contributed by atoms with Gasteiger partial charge >= 0.3 is 5.97 Å². The normalized spacial score (nSPS) is 17.8. The average molecular weight is 424 g/mol. The van der Waals surface area contributed by atoms with E-state index in [9.17, 15) is 19.8 Å². The van der Waals surface area contributed by atoms with Gasteiger partial charge in [0, 0.05) is 48.7 Å². The summed E-state index contributed by atoms with van der Waals surface area (Å²) in [5, 5.41) is 23.2. The first-order valence-electron chi connectivity index (χ1n) is 10.8. The molecule has 0 spiro atoms. The maximum Gasteiger partial charge on any atom is 0.345 e. The number of aromatic amines is 1. The Morgan fingerprint density at radius 2 is 2.13 bits per heavy atom. The Bertz CT molecular complexity index is 1120. The van der Waals surface area contributed by atoms with Crippen LogP contribution in [0.15, 0.2) is 23.0 Å². The molecule has 4 rings (SSSR count). The third-order valence-corrected chi connectivity index (χ3v) is 6.57. The number of rotatable bonds is 6. The molecule has 2 aromatic heterocycles. The molecule has 0 bridgehead atoms. The number of carbonyl (C=O) groups is 1. The Morgan fingerprint density at radius 1 is 1.35 bits per heavy atom. The van der Waals surface area contributed by atoms with E-state index in [-0.39, 0.29) is 0 Å². The first-order chi connectivity index (χ1) is 14.9. The lowest BCUT2D eigenvalue weighted by molar-refractivity contribution is 0.0691. The zero-order valence-corrected chi connectivity index (χ0v) is 17.8. The number of nitrogens with zero attached hydrogens (tertiary/aromatic N) is 1. The van der Waals surface area contributed by atoms with E-state index in [4.69, 9.17) is 0 Å². The Hall–Kier alpha value is -3.06. The van der Waals surface area contributed by atoms with Gasteiger partial charge in [-0.3, -0.25) is 4.79 Å². The summed E-state index contributed by atoms with van der Waals surface area (Å²) in [4.78, 5) is 26.2. The minimum atomic E-state index is -1.41. The number of carboxylic acids is 1. The molecule has 2 aliphatic carbocycles. The van der Waals surface area contributed by atoms with Crippen molar-refractivity contribution >= 4 is 18.1 Å². The number of aromatic carboxylic acids is 1. The highest BCUT2D eigenvalue weighted by Gasteiger charge is 2.24. The molecule has 0 saturated heterocycles. The molecule has 0 amide bonds. The van der Waals surface area contributed by atoms with Crippen molar-refractivity contribution in [2.45, 2.75) is 57.5 Å². The van der Waals surface area contributed by atoms with E-state index in [1.807, 2.05) is 6.08 Å². The molecule has 0 unspecified atom stereocenters. The molecule has 4 N–H and O–H groups in total. The van der Waals surface area contributed by atoms with Crippen LogP contribution in [0.4, 0.5) is 0 Å². The van der Waals surface area contributed by atoms with Gasteiger partial charge in [0.1, 0.15) is 5.75 Å². The third kappa shape index (κ3) is 4.10. The summed E-state index contributed by atoms with van der Waals surface area (Å²) in [5.74, 6) is -1.81. The summed E-state index contributed by atoms with van der Waals surface area (Å²) in [5.41, 5.74) is 4.22. The standard InChI is InChI=1S/C24H29N3O4/c1-3-15-12-17(13-25-16-7-5-8-16)27(2)20(15)11-14-6-4-9-18-19(10-14)26-23(29)21(22(18)28)24(30)31/h3,11-12,16,25H,1,4-10,13H2,2H3,(H,30,31)(H2,26,28,29)/b14-11-. The number of nitrogens with one attached hydrogen (secondary N) is 2. The zero-order chi connectivity index (χ0) is 22.1. The largest absolute Gasteiger partial charge is 0.506 e. The van der Waals surface area contributed by atoms with Gasteiger partial charge < -0.3 is 25.1 Å². The third-order valence-electron chi connectivity index (χ3n) is 6.57. The summed E-state index contributed by atoms with van der Waals surface area (Å²) < 4.78 is 2.18. The van der Waals surface area contributed by atoms with Crippen LogP contribution >= 0.6 is 0 Å². The topological polar surface area (TPSA) is 107 Å². The molecule has 2 aliphatic rings. The summed E-state index contributed by atoms with van der Waals surface area (Å²) >= 11 is 0. The maximum absolute atomic E-state index is 12.2. The van der Waals surface area contributed by atoms with Crippen LogP contribution in [0.25, 0.3) is 12.2 Å². The lowest BCUT2D eigenvalue weighted by atomic mass is 9.93. The lowest BCUT2D eigenvalue weighted by Crippen LogP contribution is -2.34. The van der Waals surface area contributed by atoms with Gasteiger partial charge in [-0.15, -0.1) is 0 Å². The number of carboxylic acid groups (broad SMARTS) is 1. The molecule has 7 nitrogen and oxygen atoms in total. The number of allylic oxidation sites excluding steroid dienone is 1. The van der Waals surface area contributed by atoms with Crippen LogP contribution in [0, 0.1) is 0 Å². The first-order valence-corrected chi connectivity index (χ1v) is 10.8. The van der Waals surface area contributed by atoms with Gasteiger partial charge in [-0.1, -0.05) is 24.6 Å². The fraction of sp³-hybridized carbons (Fsp3) is 0.417. The second-order valence-electron chi connectivity index (χ2n) is 8.52. The highest BCUT2D eigenvalue weighted by molar-refractivity contribution is 5.91. The number of H-pyrrole nitrogens is 1. The number of hydrogen-bond acceptors (Lipinski definition) is 4. The zero-order valence-electron chi connectivity index (χ0n) is 17.8. The average Bonchev–Trinajstić information content (AvgIpc) is 2.84. The quantitative estimate of drug-likeness (QED) is 0.533. The van der Waals surface area contributed by atoms with Gasteiger partial charge in [-0.25, -0.2) is 4.79 Å². The molecular formula is C24H29N3O4. The smallest absolute Gasteiger partial charge is 0.345 e. The molecule has 2 aromatic rings. The van der Waals surface area contributed by atoms with Crippen LogP contribution in [0.3, 0.4) is 0 Å². The molecule has 31 heavy (non-hydrogen) atoms. The van der Waals surface area contributed by atoms with Crippen molar-refractivity contribution in [1.82, 2.24) is 14.9 Å². The summed E-state index contributed by atoms with van der Waals surface area (Å²) in [6.07, 6.45) is 10.3. The van der Waals surface area contributed by atoms with E-state index in [1.165, 1.54) is 25.0 Å². The monoisotopic (exact) mass is 423 g/mol. The molecule has 2 heterocycles. The van der Waals surface area contributed by atoms with Crippen LogP contribution in [0.2, 0.25) is 0 Å². The van der Waals surface area contributed by atoms with Crippen LogP contribution in [0.1, 0.15) is 70.7 Å². The Kier molecular flexibility index (Phi) is 5.87. The van der Waals surface area contributed by atoms with E-state index >= 15 is 0 Å². The van der Waals surface area contributed by atoms with Crippen molar-refractivity contribution in [3.8, 4) is 5.75 Å². The summed E-state index contributed by atoms with van der Waals surface area (Å²) in [7, 11) is 2.05. The van der Waals surface area contributed by atoms with Crippen LogP contribution in [-0.4, -0.2) is 31.8 Å². The van der Waals surface area contributed by atoms with Crippen molar-refractivity contribution < 1.29 is 15.0 Å². The van der Waals surface area contributed by atoms with E-state index < -0.39 is 22.8 Å². The molecule has 1 saturated carbocycles. The number of fused-ring (bicyclic) bond motifs is 1. The minimum absolute atomic E-state index is 0.400. The number of aromatic nitrogens is 2. The molecule has 7 heteroatoms. The highest BCUT2D eigenvalue weighted by atomic mass is 16.4. The van der Waals surface area contributed by atoms with Gasteiger partial charge in [-0.05, 0) is 49.8 Å². The fourth-order valence-corrected chi connectivity index (χ4v) is 4.49. The Balaban J connectivity index is 1.65. The van der Waals surface area contributed by atoms with Crippen molar-refractivity contribution in [3.63, 3.8) is 0 Å². The maximum atomic E-state index is 12.2. The number of pyridine rings is 1. The van der Waals surface area contributed by atoms with E-state index in [0.717, 1.165) is 36.2 Å². The Morgan fingerprint density at radius 3 is 2.77 bits per heavy atom. The predicted octanol–water partition coefficient (Wildman–Crippen LogP) is 3.36. The van der Waals surface area contributed by atoms with E-state index in [1.54, 1.807) is 0 Å². The number of hydrogen-bond donors (Lipinski definition) is 4. The second-order valence-corrected chi connectivity index (χ2v) is 8.52. The van der Waals surface area contributed by atoms with Crippen molar-refractivity contribution in [3.05, 3.63) is 62.3 Å². The van der Waals surface area contributed by atoms with Crippen molar-refractivity contribution in [2.24, 2.45) is 7.05 Å². The molecule has 164 valence electrons. The van der Waals surface area contributed by atoms with Gasteiger partial charge in [0.15, 0.2) is 5.56 Å². The predicted molar refractivity (Wildman–Crippen MR) is 120 cm³/mol. The van der Waals surface area contributed by atoms with Crippen molar-refractivity contribution in [2.75, 3.05) is 0 Å². The van der Waals surface area contributed by atoms with Gasteiger partial charge in [0.2, 0.25) is 0 Å². The van der Waals surface area contributed by atoms with Crippen molar-refractivity contribution in [1.29, 1.82) is 0 Å². The van der Waals surface area contributed by atoms with Crippen LogP contribution in [0.5, 0.6) is 5.75 Å². The second kappa shape index (κ2) is 8.59. The van der Waals surface area contributed by atoms with Gasteiger partial charge in [0.25, 0.3) is 5.56 Å². The highest BCUT2D eigenvalue weighted by Crippen LogP contribution is 2.31. The van der Waals surface area contributed by atoms with Gasteiger partial charge in [0.05, 0.1) is 0 Å². The molecule has 0 aliphatic heterocycles. The Labute approximate surface area is 181 Å². The van der Waals surface area contributed by atoms with Gasteiger partial charge in [-0.2, -0.15) is 0 Å². The molecule has 0 radical (unpaired) electrons. The lowest BCUT2D eigenvalue weighted by Gasteiger charge is -2.26. The first kappa shape index (κ1) is 21.2. The minimum Gasteiger partial charge on any atom is -0.506 e. The van der Waals surface area contributed by atoms with E-state index in [2.05, 4.69) is 40.6 Å². The molecule has 0 aromatic carbocycles. The van der Waals surface area contributed by atoms with Crippen LogP contribution < -0.4 is 10.9 Å². The summed E-state index contributed by atoms with van der Waals surface area (Å²) in [6, 6.07) is 2.77.